The summed E-state index contributed by atoms with van der Waals surface area (Å²) in [5.74, 6) is -1.24. The van der Waals surface area contributed by atoms with E-state index < -0.39 is 17.5 Å². The van der Waals surface area contributed by atoms with Crippen molar-refractivity contribution in [3.63, 3.8) is 0 Å². The van der Waals surface area contributed by atoms with Gasteiger partial charge in [-0.15, -0.1) is 0 Å². The minimum absolute atomic E-state index is 0.472. The second-order valence-corrected chi connectivity index (χ2v) is 1.77. The van der Waals surface area contributed by atoms with E-state index in [-0.39, 0.29) is 0 Å². The lowest BCUT2D eigenvalue weighted by molar-refractivity contribution is -0.126. The van der Waals surface area contributed by atoms with Crippen LogP contribution in [0, 0.1) is 11.3 Å². The van der Waals surface area contributed by atoms with E-state index in [0.29, 0.717) is 0 Å². The zero-order chi connectivity index (χ0) is 9.07. The highest BCUT2D eigenvalue weighted by molar-refractivity contribution is 5.24. The van der Waals surface area contributed by atoms with Crippen molar-refractivity contribution in [2.24, 2.45) is 0 Å². The second-order valence-electron chi connectivity index (χ2n) is 1.77. The Hall–Kier alpha value is -1.18. The summed E-state index contributed by atoms with van der Waals surface area (Å²) >= 11 is 0. The Morgan fingerprint density at radius 1 is 1.45 bits per heavy atom. The molecule has 2 nitrogen and oxygen atoms in total. The number of hydrogen-bond donors (Lipinski definition) is 0. The molecule has 0 fully saturated rings. The fourth-order valence-corrected chi connectivity index (χ4v) is 0.532. The van der Waals surface area contributed by atoms with Gasteiger partial charge < -0.3 is 4.74 Å². The molecule has 0 N–H and O–H groups in total. The van der Waals surface area contributed by atoms with Gasteiger partial charge in [0.25, 0.3) is 0 Å². The van der Waals surface area contributed by atoms with Gasteiger partial charge in [-0.1, -0.05) is 0 Å². The number of halogens is 3. The molecule has 5 heteroatoms. The zero-order valence-corrected chi connectivity index (χ0v) is 5.99. The first-order valence-electron chi connectivity index (χ1n) is 2.65. The topological polar surface area (TPSA) is 33.0 Å². The highest BCUT2D eigenvalue weighted by Gasteiger charge is 2.37. The maximum atomic E-state index is 11.8. The molecular formula is C6H6F3NO. The third-order valence-electron chi connectivity index (χ3n) is 0.970. The van der Waals surface area contributed by atoms with Gasteiger partial charge in [0.2, 0.25) is 5.76 Å². The Bertz CT molecular complexity index is 211. The molecular weight excluding hydrogens is 159 g/mol. The van der Waals surface area contributed by atoms with E-state index in [9.17, 15) is 13.2 Å². The molecule has 11 heavy (non-hydrogen) atoms. The Morgan fingerprint density at radius 3 is 2.00 bits per heavy atom. The van der Waals surface area contributed by atoms with Gasteiger partial charge in [-0.3, -0.25) is 0 Å². The smallest absolute Gasteiger partial charge is 0.449 e. The molecule has 0 amide bonds. The minimum Gasteiger partial charge on any atom is -0.492 e. The van der Waals surface area contributed by atoms with Gasteiger partial charge >= 0.3 is 6.18 Å². The number of hydrogen-bond acceptors (Lipinski definition) is 2. The van der Waals surface area contributed by atoms with Crippen LogP contribution in [0.3, 0.4) is 0 Å². The first-order chi connectivity index (χ1) is 4.93. The van der Waals surface area contributed by atoms with Gasteiger partial charge in [-0.2, -0.15) is 18.4 Å². The van der Waals surface area contributed by atoms with Gasteiger partial charge in [0.05, 0.1) is 18.8 Å². The van der Waals surface area contributed by atoms with Crippen molar-refractivity contribution < 1.29 is 17.9 Å². The number of nitrogens with zero attached hydrogens (tertiary/aromatic N) is 1. The fraction of sp³-hybridized carbons (Fsp3) is 0.500. The maximum Gasteiger partial charge on any atom is 0.449 e. The van der Waals surface area contributed by atoms with Crippen LogP contribution in [0.4, 0.5) is 13.2 Å². The van der Waals surface area contributed by atoms with Crippen molar-refractivity contribution in [1.29, 1.82) is 5.26 Å². The standard InChI is InChI=1S/C6H6F3NO/c1-4(3-10)5(11-2)6(7,8)9/h1-2H3. The average molecular weight is 165 g/mol. The van der Waals surface area contributed by atoms with Crippen LogP contribution in [0.5, 0.6) is 0 Å². The van der Waals surface area contributed by atoms with Crippen LogP contribution in [0.1, 0.15) is 6.92 Å². The number of ether oxygens (including phenoxy) is 1. The largest absolute Gasteiger partial charge is 0.492 e. The molecule has 0 aromatic heterocycles. The van der Waals surface area contributed by atoms with Crippen molar-refractivity contribution >= 4 is 0 Å². The minimum atomic E-state index is -4.57. The van der Waals surface area contributed by atoms with Crippen molar-refractivity contribution in [1.82, 2.24) is 0 Å². The van der Waals surface area contributed by atoms with Crippen molar-refractivity contribution in [2.75, 3.05) is 7.11 Å². The SMILES string of the molecule is COC(=C(C)C#N)C(F)(F)F. The number of nitriles is 1. The fourth-order valence-electron chi connectivity index (χ4n) is 0.532. The molecule has 0 heterocycles. The van der Waals surface area contributed by atoms with Gasteiger partial charge in [-0.25, -0.2) is 0 Å². The van der Waals surface area contributed by atoms with E-state index in [2.05, 4.69) is 4.74 Å². The summed E-state index contributed by atoms with van der Waals surface area (Å²) in [5, 5.41) is 8.11. The Balaban J connectivity index is 4.85. The molecule has 0 saturated heterocycles. The highest BCUT2D eigenvalue weighted by Crippen LogP contribution is 2.28. The van der Waals surface area contributed by atoms with E-state index in [4.69, 9.17) is 5.26 Å². The van der Waals surface area contributed by atoms with Gasteiger partial charge in [0, 0.05) is 0 Å². The molecule has 0 aliphatic carbocycles. The predicted octanol–water partition coefficient (Wildman–Crippen LogP) is 1.99. The summed E-state index contributed by atoms with van der Waals surface area (Å²) in [6.45, 7) is 1.05. The first-order valence-corrected chi connectivity index (χ1v) is 2.65. The molecule has 0 rings (SSSR count). The lowest BCUT2D eigenvalue weighted by Gasteiger charge is -2.09. The molecule has 0 saturated carbocycles. The molecule has 0 unspecified atom stereocenters. The van der Waals surface area contributed by atoms with Gasteiger partial charge in [0.1, 0.15) is 0 Å². The number of methoxy groups -OCH3 is 1. The Labute approximate surface area is 61.9 Å². The average Bonchev–Trinajstić information content (AvgIpc) is 1.86. The first kappa shape index (κ1) is 9.82. The zero-order valence-electron chi connectivity index (χ0n) is 5.99. The van der Waals surface area contributed by atoms with Crippen LogP contribution in [0.25, 0.3) is 0 Å². The number of rotatable bonds is 1. The van der Waals surface area contributed by atoms with E-state index in [1.807, 2.05) is 0 Å². The summed E-state index contributed by atoms with van der Waals surface area (Å²) in [5.41, 5.74) is -0.472. The van der Waals surface area contributed by atoms with Crippen molar-refractivity contribution in [2.45, 2.75) is 13.1 Å². The van der Waals surface area contributed by atoms with E-state index in [1.54, 1.807) is 0 Å². The summed E-state index contributed by atoms with van der Waals surface area (Å²) in [7, 11) is 0.879. The number of alkyl halides is 3. The van der Waals surface area contributed by atoms with E-state index in [1.165, 1.54) is 6.07 Å². The van der Waals surface area contributed by atoms with E-state index >= 15 is 0 Å². The maximum absolute atomic E-state index is 11.8. The Kier molecular flexibility index (Phi) is 2.93. The second kappa shape index (κ2) is 3.28. The third kappa shape index (κ3) is 2.50. The summed E-state index contributed by atoms with van der Waals surface area (Å²) in [6.07, 6.45) is -4.57. The molecule has 62 valence electrons. The molecule has 0 aromatic rings. The quantitative estimate of drug-likeness (QED) is 0.439. The molecule has 0 aliphatic heterocycles. The summed E-state index contributed by atoms with van der Waals surface area (Å²) in [6, 6.07) is 1.36. The molecule has 0 radical (unpaired) electrons. The molecule has 0 bridgehead atoms. The van der Waals surface area contributed by atoms with Crippen molar-refractivity contribution in [3.05, 3.63) is 11.3 Å². The summed E-state index contributed by atoms with van der Waals surface area (Å²) in [4.78, 5) is 0. The normalized spacial score (nSPS) is 13.5. The van der Waals surface area contributed by atoms with Crippen molar-refractivity contribution in [3.8, 4) is 6.07 Å². The van der Waals surface area contributed by atoms with Crippen LogP contribution in [0.15, 0.2) is 11.3 Å². The predicted molar refractivity (Wildman–Crippen MR) is 31.4 cm³/mol. The van der Waals surface area contributed by atoms with Gasteiger partial charge in [0.15, 0.2) is 0 Å². The third-order valence-corrected chi connectivity index (χ3v) is 0.970. The van der Waals surface area contributed by atoms with Gasteiger partial charge in [-0.05, 0) is 6.92 Å². The van der Waals surface area contributed by atoms with Crippen LogP contribution in [0.2, 0.25) is 0 Å². The monoisotopic (exact) mass is 165 g/mol. The lowest BCUT2D eigenvalue weighted by atomic mass is 10.3. The van der Waals surface area contributed by atoms with Crippen LogP contribution in [-0.2, 0) is 4.74 Å². The lowest BCUT2D eigenvalue weighted by Crippen LogP contribution is -2.14. The summed E-state index contributed by atoms with van der Waals surface area (Å²) < 4.78 is 39.5. The molecule has 0 spiro atoms. The van der Waals surface area contributed by atoms with Crippen LogP contribution < -0.4 is 0 Å². The molecule has 0 aliphatic rings. The number of allylic oxidation sites excluding steroid dienone is 2. The van der Waals surface area contributed by atoms with E-state index in [0.717, 1.165) is 14.0 Å². The molecule has 0 atom stereocenters. The highest BCUT2D eigenvalue weighted by atomic mass is 19.4. The van der Waals surface area contributed by atoms with Crippen LogP contribution in [-0.4, -0.2) is 13.3 Å². The molecule has 0 aromatic carbocycles. The van der Waals surface area contributed by atoms with Crippen LogP contribution >= 0.6 is 0 Å². The Morgan fingerprint density at radius 2 is 1.91 bits per heavy atom.